The second-order valence-corrected chi connectivity index (χ2v) is 37.4. The molecule has 588 valence electrons. The SMILES string of the molecule is C[S+](C)c1ccc(O)c2ccccc12.C[S+](C)c1ccc(O)c2ccccc12.C[S+](C)c1ccc(O)c2ccccc12.C[S+](C)c1ccc(O)c2ccccc12.C[S+](C)c1ccc(O)c2ccccc12.C[S+](C)c1ccc(O)c2ccccc12.O=[PH]([O-])F.O=[PH]([O-])F.O=[PH]([O-])F.O=[PH]([O-])F.O=[PH]([O-])F.O=[PH]([O-])F. The molecular formula is C72H84F6O18P6S6. The summed E-state index contributed by atoms with van der Waals surface area (Å²) in [4.78, 5) is 58.4. The molecule has 18 nitrogen and oxygen atoms in total. The second kappa shape index (κ2) is 52.9. The highest BCUT2D eigenvalue weighted by atomic mass is 32.2. The third-order valence-corrected chi connectivity index (χ3v) is 21.2. The van der Waals surface area contributed by atoms with Crippen LogP contribution in [0, 0.1) is 0 Å². The first kappa shape index (κ1) is 99.8. The van der Waals surface area contributed by atoms with Crippen LogP contribution in [-0.2, 0) is 92.8 Å². The van der Waals surface area contributed by atoms with E-state index >= 15 is 0 Å². The average molecular weight is 1730 g/mol. The smallest absolute Gasteiger partial charge is 0.169 e. The van der Waals surface area contributed by atoms with Crippen LogP contribution in [0.2, 0.25) is 0 Å². The Morgan fingerprint density at radius 1 is 0.194 bits per heavy atom. The maximum atomic E-state index is 9.99. The fourth-order valence-corrected chi connectivity index (χ4v) is 15.4. The summed E-state index contributed by atoms with van der Waals surface area (Å²) >= 11 is 0. The maximum Gasteiger partial charge on any atom is 0.169 e. The highest BCUT2D eigenvalue weighted by molar-refractivity contribution is 7.97. The molecule has 0 aliphatic rings. The lowest BCUT2D eigenvalue weighted by atomic mass is 10.1. The summed E-state index contributed by atoms with van der Waals surface area (Å²) in [5, 5.41) is 70.8. The van der Waals surface area contributed by atoms with Gasteiger partial charge in [0.1, 0.15) is 110 Å². The molecule has 0 bridgehead atoms. The highest BCUT2D eigenvalue weighted by Gasteiger charge is 2.20. The Labute approximate surface area is 645 Å². The van der Waals surface area contributed by atoms with E-state index < -0.39 is 50.0 Å². The molecule has 0 saturated carbocycles. The summed E-state index contributed by atoms with van der Waals surface area (Å²) in [6.45, 7) is 0. The molecule has 0 aliphatic heterocycles. The molecule has 6 atom stereocenters. The summed E-state index contributed by atoms with van der Waals surface area (Å²) in [6, 6.07) is 70.7. The summed E-state index contributed by atoms with van der Waals surface area (Å²) in [6.07, 6.45) is 26.3. The number of aromatic hydroxyl groups is 6. The fraction of sp³-hybridized carbons (Fsp3) is 0.167. The summed E-state index contributed by atoms with van der Waals surface area (Å²) in [5.74, 6) is 2.22. The minimum Gasteiger partial charge on any atom is -0.777 e. The van der Waals surface area contributed by atoms with Crippen molar-refractivity contribution in [3.05, 3.63) is 218 Å². The van der Waals surface area contributed by atoms with E-state index in [1.54, 1.807) is 36.4 Å². The minimum atomic E-state index is -3.88. The van der Waals surface area contributed by atoms with Crippen molar-refractivity contribution in [2.45, 2.75) is 29.4 Å². The van der Waals surface area contributed by atoms with Crippen molar-refractivity contribution < 1.29 is 113 Å². The molecule has 0 radical (unpaired) electrons. The lowest BCUT2D eigenvalue weighted by Crippen LogP contribution is -1.96. The van der Waals surface area contributed by atoms with E-state index in [0.717, 1.165) is 32.3 Å². The normalized spacial score (nSPS) is 12.1. The zero-order chi connectivity index (χ0) is 82.2. The number of rotatable bonds is 6. The Balaban J connectivity index is 0.000000610. The largest absolute Gasteiger partial charge is 0.777 e. The number of hydrogen-bond acceptors (Lipinski definition) is 18. The number of phenolic OH excluding ortho intramolecular Hbond substituents is 6. The lowest BCUT2D eigenvalue weighted by Gasteiger charge is -2.04. The van der Waals surface area contributed by atoms with Gasteiger partial charge in [0.2, 0.25) is 0 Å². The van der Waals surface area contributed by atoms with Crippen molar-refractivity contribution in [3.8, 4) is 34.5 Å². The first-order valence-electron chi connectivity index (χ1n) is 30.5. The van der Waals surface area contributed by atoms with Crippen LogP contribution < -0.4 is 29.4 Å². The van der Waals surface area contributed by atoms with Gasteiger partial charge in [-0.3, -0.25) is 0 Å². The van der Waals surface area contributed by atoms with Gasteiger partial charge in [0.05, 0.1) is 0 Å². The number of hydrogen-bond donors (Lipinski definition) is 6. The number of fused-ring (bicyclic) bond motifs is 6. The molecule has 36 heteroatoms. The van der Waals surface area contributed by atoms with Crippen LogP contribution in [0.5, 0.6) is 34.5 Å². The Morgan fingerprint density at radius 2 is 0.278 bits per heavy atom. The quantitative estimate of drug-likeness (QED) is 0.0511. The zero-order valence-electron chi connectivity index (χ0n) is 60.1. The number of phenols is 6. The predicted molar refractivity (Wildman–Crippen MR) is 439 cm³/mol. The van der Waals surface area contributed by atoms with E-state index in [-0.39, 0.29) is 65.4 Å². The second-order valence-electron chi connectivity index (χ2n) is 22.1. The van der Waals surface area contributed by atoms with Gasteiger partial charge in [0.15, 0.2) is 79.4 Å². The van der Waals surface area contributed by atoms with Gasteiger partial charge in [-0.25, -0.2) is 25.2 Å². The lowest BCUT2D eigenvalue weighted by molar-refractivity contribution is -0.175. The molecule has 0 aliphatic carbocycles. The van der Waals surface area contributed by atoms with Crippen LogP contribution in [0.1, 0.15) is 0 Å². The Morgan fingerprint density at radius 3 is 0.361 bits per heavy atom. The molecule has 0 fully saturated rings. The molecule has 12 rings (SSSR count). The average Bonchev–Trinajstić information content (AvgIpc) is 0.852. The Kier molecular flexibility index (Phi) is 48.9. The third kappa shape index (κ3) is 37.2. The van der Waals surface area contributed by atoms with E-state index in [1.807, 2.05) is 146 Å². The van der Waals surface area contributed by atoms with Gasteiger partial charge in [0.25, 0.3) is 0 Å². The number of benzene rings is 12. The van der Waals surface area contributed by atoms with Crippen LogP contribution in [0.3, 0.4) is 0 Å². The molecule has 12 aromatic carbocycles. The number of halogens is 6. The summed E-state index contributed by atoms with van der Waals surface area (Å²) in [7, 11) is -21.9. The van der Waals surface area contributed by atoms with Crippen molar-refractivity contribution in [1.82, 2.24) is 0 Å². The van der Waals surface area contributed by atoms with Crippen LogP contribution in [0.4, 0.5) is 25.2 Å². The van der Waals surface area contributed by atoms with Crippen molar-refractivity contribution >= 4 is 180 Å². The highest BCUT2D eigenvalue weighted by Crippen LogP contribution is 2.36. The van der Waals surface area contributed by atoms with Gasteiger partial charge in [-0.2, -0.15) is 0 Å². The molecule has 0 amide bonds. The van der Waals surface area contributed by atoms with E-state index in [9.17, 15) is 55.8 Å². The van der Waals surface area contributed by atoms with Crippen LogP contribution in [0.15, 0.2) is 248 Å². The molecule has 0 saturated heterocycles. The molecule has 6 unspecified atom stereocenters. The van der Waals surface area contributed by atoms with Gasteiger partial charge < -0.3 is 87.4 Å². The summed E-state index contributed by atoms with van der Waals surface area (Å²) in [5.41, 5.74) is 0. The van der Waals surface area contributed by atoms with Crippen LogP contribution in [-0.4, -0.2) is 106 Å². The van der Waals surface area contributed by atoms with Gasteiger partial charge in [-0.05, 0) is 109 Å². The first-order chi connectivity index (χ1) is 50.6. The molecule has 12 aromatic rings. The van der Waals surface area contributed by atoms with E-state index in [1.165, 1.54) is 61.7 Å². The molecule has 0 spiro atoms. The molecule has 0 aromatic heterocycles. The molecule has 108 heavy (non-hydrogen) atoms. The first-order valence-corrected chi connectivity index (χ1v) is 49.9. The van der Waals surface area contributed by atoms with Gasteiger partial charge in [0, 0.05) is 130 Å². The van der Waals surface area contributed by atoms with Crippen molar-refractivity contribution in [2.75, 3.05) is 75.1 Å². The van der Waals surface area contributed by atoms with Crippen molar-refractivity contribution in [3.63, 3.8) is 0 Å². The van der Waals surface area contributed by atoms with Crippen molar-refractivity contribution in [1.29, 1.82) is 0 Å². The third-order valence-electron chi connectivity index (χ3n) is 13.8. The van der Waals surface area contributed by atoms with Crippen LogP contribution in [0.25, 0.3) is 64.6 Å². The Hall–Kier alpha value is -6.18. The van der Waals surface area contributed by atoms with Gasteiger partial charge >= 0.3 is 0 Å². The maximum absolute atomic E-state index is 9.99. The predicted octanol–water partition coefficient (Wildman–Crippen LogP) is 14.9. The molecular weight excluding hydrogens is 1650 g/mol. The monoisotopic (exact) mass is 1730 g/mol. The Bertz CT molecular complexity index is 4120. The topological polar surface area (TPSA) is 362 Å². The minimum absolute atomic E-state index is 0.227. The van der Waals surface area contributed by atoms with E-state index in [4.69, 9.17) is 56.8 Å². The van der Waals surface area contributed by atoms with E-state index in [0.29, 0.717) is 34.5 Å². The molecule has 6 N–H and O–H groups in total. The summed E-state index contributed by atoms with van der Waals surface area (Å²) < 4.78 is 110. The molecule has 0 heterocycles. The van der Waals surface area contributed by atoms with E-state index in [2.05, 4.69) is 111 Å². The fourth-order valence-electron chi connectivity index (χ4n) is 9.67. The van der Waals surface area contributed by atoms with Crippen LogP contribution >= 0.6 is 50.0 Å². The standard InChI is InChI=1S/6C12H12OS.6FH2O2P/c6*1-14(2)12-8-7-11(13)9-5-3-4-6-10(9)12;6*1-4(2)3/h6*3-8H,1-2H3;6*4H,(H,2,3). The zero-order valence-corrected chi connectivity index (χ0v) is 71.0. The van der Waals surface area contributed by atoms with Gasteiger partial charge in [-0.1, -0.05) is 109 Å². The van der Waals surface area contributed by atoms with Crippen molar-refractivity contribution in [2.24, 2.45) is 0 Å². The van der Waals surface area contributed by atoms with Gasteiger partial charge in [-0.15, -0.1) is 0 Å².